The van der Waals surface area contributed by atoms with Crippen LogP contribution in [-0.2, 0) is 6.42 Å². The van der Waals surface area contributed by atoms with Crippen molar-refractivity contribution in [2.45, 2.75) is 50.3 Å². The molecule has 1 aromatic carbocycles. The summed E-state index contributed by atoms with van der Waals surface area (Å²) in [7, 11) is 0. The predicted octanol–water partition coefficient (Wildman–Crippen LogP) is 6.11. The van der Waals surface area contributed by atoms with E-state index in [0.29, 0.717) is 10.7 Å². The van der Waals surface area contributed by atoms with E-state index in [1.54, 1.807) is 6.07 Å². The van der Waals surface area contributed by atoms with Gasteiger partial charge in [-0.2, -0.15) is 0 Å². The molecule has 1 aliphatic rings. The van der Waals surface area contributed by atoms with Crippen molar-refractivity contribution in [1.29, 1.82) is 0 Å². The standard InChI is InChI=1S/C16H21Br2F/c1-2-3-11-4-7-15(18)13(8-11)9-12-5-6-14(17)10-16(12)19/h5-6,10-11,13,15H,2-4,7-9H2,1H3. The van der Waals surface area contributed by atoms with Crippen molar-refractivity contribution >= 4 is 31.9 Å². The maximum absolute atomic E-state index is 13.9. The highest BCUT2D eigenvalue weighted by Gasteiger charge is 2.29. The zero-order valence-corrected chi connectivity index (χ0v) is 14.5. The number of hydrogen-bond acceptors (Lipinski definition) is 0. The summed E-state index contributed by atoms with van der Waals surface area (Å²) in [6, 6.07) is 5.43. The second-order valence-corrected chi connectivity index (χ2v) is 7.78. The fourth-order valence-electron chi connectivity index (χ4n) is 3.18. The van der Waals surface area contributed by atoms with Gasteiger partial charge in [0.1, 0.15) is 5.82 Å². The SMILES string of the molecule is CCCC1CCC(Br)C(Cc2ccc(Br)cc2F)C1. The Bertz CT molecular complexity index is 419. The highest BCUT2D eigenvalue weighted by Crippen LogP contribution is 2.38. The Morgan fingerprint density at radius 2 is 2.11 bits per heavy atom. The van der Waals surface area contributed by atoms with Crippen molar-refractivity contribution in [1.82, 2.24) is 0 Å². The lowest BCUT2D eigenvalue weighted by Gasteiger charge is -2.33. The van der Waals surface area contributed by atoms with Crippen LogP contribution in [0, 0.1) is 17.7 Å². The summed E-state index contributed by atoms with van der Waals surface area (Å²) in [4.78, 5) is 0.545. The Balaban J connectivity index is 2.03. The third kappa shape index (κ3) is 4.29. The molecule has 0 amide bonds. The second kappa shape index (κ2) is 7.21. The minimum absolute atomic E-state index is 0.0771. The first kappa shape index (κ1) is 15.5. The smallest absolute Gasteiger partial charge is 0.127 e. The lowest BCUT2D eigenvalue weighted by Crippen LogP contribution is -2.27. The van der Waals surface area contributed by atoms with E-state index >= 15 is 0 Å². The molecule has 1 saturated carbocycles. The summed E-state index contributed by atoms with van der Waals surface area (Å²) >= 11 is 7.11. The van der Waals surface area contributed by atoms with E-state index in [2.05, 4.69) is 38.8 Å². The molecule has 0 spiro atoms. The van der Waals surface area contributed by atoms with Crippen LogP contribution in [0.25, 0.3) is 0 Å². The maximum atomic E-state index is 13.9. The molecule has 2 rings (SSSR count). The van der Waals surface area contributed by atoms with Gasteiger partial charge in [0.05, 0.1) is 0 Å². The normalized spacial score (nSPS) is 27.5. The minimum atomic E-state index is -0.0771. The Morgan fingerprint density at radius 3 is 2.79 bits per heavy atom. The van der Waals surface area contributed by atoms with Crippen molar-refractivity contribution in [3.63, 3.8) is 0 Å². The number of rotatable bonds is 4. The van der Waals surface area contributed by atoms with Crippen LogP contribution in [0.1, 0.15) is 44.6 Å². The number of halogens is 3. The summed E-state index contributed by atoms with van der Waals surface area (Å²) < 4.78 is 14.7. The fraction of sp³-hybridized carbons (Fsp3) is 0.625. The number of hydrogen-bond donors (Lipinski definition) is 0. The van der Waals surface area contributed by atoms with Crippen LogP contribution < -0.4 is 0 Å². The van der Waals surface area contributed by atoms with Crippen molar-refractivity contribution < 1.29 is 4.39 Å². The van der Waals surface area contributed by atoms with Gasteiger partial charge in [0.15, 0.2) is 0 Å². The van der Waals surface area contributed by atoms with Gasteiger partial charge in [0, 0.05) is 9.30 Å². The Labute approximate surface area is 132 Å². The van der Waals surface area contributed by atoms with Crippen LogP contribution >= 0.6 is 31.9 Å². The van der Waals surface area contributed by atoms with E-state index < -0.39 is 0 Å². The average molecular weight is 392 g/mol. The molecule has 1 aromatic rings. The molecule has 0 nitrogen and oxygen atoms in total. The molecule has 0 radical (unpaired) electrons. The van der Waals surface area contributed by atoms with E-state index in [9.17, 15) is 4.39 Å². The first-order chi connectivity index (χ1) is 9.10. The van der Waals surface area contributed by atoms with Crippen molar-refractivity contribution in [2.24, 2.45) is 11.8 Å². The van der Waals surface area contributed by atoms with Gasteiger partial charge < -0.3 is 0 Å². The average Bonchev–Trinajstić information content (AvgIpc) is 2.37. The molecule has 0 bridgehead atoms. The van der Waals surface area contributed by atoms with Crippen LogP contribution in [0.4, 0.5) is 4.39 Å². The van der Waals surface area contributed by atoms with Crippen molar-refractivity contribution in [3.05, 3.63) is 34.1 Å². The van der Waals surface area contributed by atoms with Crippen LogP contribution in [0.15, 0.2) is 22.7 Å². The number of alkyl halides is 1. The van der Waals surface area contributed by atoms with Gasteiger partial charge in [0.25, 0.3) is 0 Å². The topological polar surface area (TPSA) is 0 Å². The van der Waals surface area contributed by atoms with Gasteiger partial charge in [-0.1, -0.05) is 57.7 Å². The van der Waals surface area contributed by atoms with Crippen LogP contribution in [-0.4, -0.2) is 4.83 Å². The monoisotopic (exact) mass is 390 g/mol. The van der Waals surface area contributed by atoms with Gasteiger partial charge in [-0.05, 0) is 55.2 Å². The molecule has 0 N–H and O–H groups in total. The summed E-state index contributed by atoms with van der Waals surface area (Å²) in [5.74, 6) is 1.33. The van der Waals surface area contributed by atoms with Crippen LogP contribution in [0.5, 0.6) is 0 Å². The third-order valence-corrected chi connectivity index (χ3v) is 5.89. The lowest BCUT2D eigenvalue weighted by molar-refractivity contribution is 0.262. The van der Waals surface area contributed by atoms with Crippen molar-refractivity contribution in [3.8, 4) is 0 Å². The largest absolute Gasteiger partial charge is 0.207 e. The summed E-state index contributed by atoms with van der Waals surface area (Å²) in [5, 5.41) is 0. The molecule has 0 heterocycles. The van der Waals surface area contributed by atoms with E-state index in [1.165, 1.54) is 32.1 Å². The molecule has 1 aliphatic carbocycles. The maximum Gasteiger partial charge on any atom is 0.127 e. The van der Waals surface area contributed by atoms with Crippen LogP contribution in [0.3, 0.4) is 0 Å². The summed E-state index contributed by atoms with van der Waals surface area (Å²) in [6.45, 7) is 2.25. The first-order valence-corrected chi connectivity index (χ1v) is 8.89. The van der Waals surface area contributed by atoms with Gasteiger partial charge in [0.2, 0.25) is 0 Å². The fourth-order valence-corrected chi connectivity index (χ4v) is 4.18. The van der Waals surface area contributed by atoms with Gasteiger partial charge in [-0.15, -0.1) is 0 Å². The molecular weight excluding hydrogens is 371 g/mol. The van der Waals surface area contributed by atoms with Gasteiger partial charge >= 0.3 is 0 Å². The predicted molar refractivity (Wildman–Crippen MR) is 86.3 cm³/mol. The molecular formula is C16H21Br2F. The summed E-state index contributed by atoms with van der Waals surface area (Å²) in [6.07, 6.45) is 7.22. The minimum Gasteiger partial charge on any atom is -0.207 e. The van der Waals surface area contributed by atoms with E-state index in [0.717, 1.165) is 22.4 Å². The first-order valence-electron chi connectivity index (χ1n) is 7.18. The Kier molecular flexibility index (Phi) is 5.88. The van der Waals surface area contributed by atoms with Crippen molar-refractivity contribution in [2.75, 3.05) is 0 Å². The summed E-state index contributed by atoms with van der Waals surface area (Å²) in [5.41, 5.74) is 0.856. The zero-order valence-electron chi connectivity index (χ0n) is 11.3. The third-order valence-electron chi connectivity index (χ3n) is 4.19. The van der Waals surface area contributed by atoms with E-state index in [-0.39, 0.29) is 5.82 Å². The molecule has 3 atom stereocenters. The molecule has 19 heavy (non-hydrogen) atoms. The quantitative estimate of drug-likeness (QED) is 0.543. The molecule has 1 fully saturated rings. The highest BCUT2D eigenvalue weighted by molar-refractivity contribution is 9.10. The van der Waals surface area contributed by atoms with Gasteiger partial charge in [-0.3, -0.25) is 0 Å². The molecule has 3 heteroatoms. The Hall–Kier alpha value is 0.110. The zero-order chi connectivity index (χ0) is 13.8. The lowest BCUT2D eigenvalue weighted by atomic mass is 9.77. The van der Waals surface area contributed by atoms with Crippen LogP contribution in [0.2, 0.25) is 0 Å². The molecule has 0 aliphatic heterocycles. The molecule has 106 valence electrons. The molecule has 0 aromatic heterocycles. The molecule has 0 saturated heterocycles. The highest BCUT2D eigenvalue weighted by atomic mass is 79.9. The second-order valence-electron chi connectivity index (χ2n) is 5.68. The van der Waals surface area contributed by atoms with E-state index in [1.807, 2.05) is 12.1 Å². The van der Waals surface area contributed by atoms with E-state index in [4.69, 9.17) is 0 Å². The Morgan fingerprint density at radius 1 is 1.32 bits per heavy atom. The molecule has 3 unspecified atom stereocenters. The van der Waals surface area contributed by atoms with Gasteiger partial charge in [-0.25, -0.2) is 4.39 Å². The number of benzene rings is 1.